The van der Waals surface area contributed by atoms with Gasteiger partial charge in [0, 0.05) is 5.56 Å². The van der Waals surface area contributed by atoms with E-state index in [0.717, 1.165) is 5.56 Å². The number of carbonyl (C=O) groups is 2. The fourth-order valence-corrected chi connectivity index (χ4v) is 2.20. The van der Waals surface area contributed by atoms with Gasteiger partial charge in [0.15, 0.2) is 0 Å². The molecule has 0 radical (unpaired) electrons. The Morgan fingerprint density at radius 3 is 2.00 bits per heavy atom. The molecule has 2 rings (SSSR count). The van der Waals surface area contributed by atoms with Gasteiger partial charge in [0.1, 0.15) is 6.04 Å². The van der Waals surface area contributed by atoms with E-state index in [0.29, 0.717) is 17.0 Å². The summed E-state index contributed by atoms with van der Waals surface area (Å²) in [4.78, 5) is 23.9. The van der Waals surface area contributed by atoms with Crippen LogP contribution in [0.4, 0.5) is 0 Å². The van der Waals surface area contributed by atoms with Crippen molar-refractivity contribution in [1.29, 1.82) is 0 Å². The van der Waals surface area contributed by atoms with Crippen LogP contribution in [0.2, 0.25) is 0 Å². The van der Waals surface area contributed by atoms with Gasteiger partial charge in [-0.05, 0) is 29.2 Å². The Morgan fingerprint density at radius 1 is 0.909 bits per heavy atom. The summed E-state index contributed by atoms with van der Waals surface area (Å²) in [6.45, 7) is 4.18. The van der Waals surface area contributed by atoms with Crippen molar-refractivity contribution in [2.24, 2.45) is 5.73 Å². The average molecular weight is 296 g/mol. The number of nitrogens with two attached hydrogens (primary N) is 1. The standard InChI is InChI=1S/C18H20N2O2/c1-12(2)13-8-10-15(11-9-13)18(22)20-16(17(19)21)14-6-4-3-5-7-14/h3-12,16H,1-2H3,(H2,19,21)(H,20,22). The SMILES string of the molecule is CC(C)c1ccc(C(=O)NC(C(N)=O)c2ccccc2)cc1. The molecule has 0 aliphatic heterocycles. The number of hydrogen-bond acceptors (Lipinski definition) is 2. The Kier molecular flexibility index (Phi) is 4.94. The third-order valence-corrected chi connectivity index (χ3v) is 3.53. The molecule has 3 N–H and O–H groups in total. The van der Waals surface area contributed by atoms with Gasteiger partial charge in [0.2, 0.25) is 5.91 Å². The first kappa shape index (κ1) is 15.8. The smallest absolute Gasteiger partial charge is 0.252 e. The minimum atomic E-state index is -0.835. The second-order valence-corrected chi connectivity index (χ2v) is 5.50. The Morgan fingerprint density at radius 2 is 1.50 bits per heavy atom. The minimum Gasteiger partial charge on any atom is -0.368 e. The highest BCUT2D eigenvalue weighted by Crippen LogP contribution is 2.16. The quantitative estimate of drug-likeness (QED) is 0.890. The molecule has 0 saturated carbocycles. The van der Waals surface area contributed by atoms with E-state index in [1.807, 2.05) is 18.2 Å². The van der Waals surface area contributed by atoms with Gasteiger partial charge in [-0.2, -0.15) is 0 Å². The molecule has 0 saturated heterocycles. The zero-order valence-corrected chi connectivity index (χ0v) is 12.7. The van der Waals surface area contributed by atoms with Gasteiger partial charge in [-0.3, -0.25) is 9.59 Å². The molecule has 22 heavy (non-hydrogen) atoms. The predicted octanol–water partition coefficient (Wildman–Crippen LogP) is 2.77. The van der Waals surface area contributed by atoms with Crippen molar-refractivity contribution in [3.63, 3.8) is 0 Å². The van der Waals surface area contributed by atoms with Crippen LogP contribution in [-0.4, -0.2) is 11.8 Å². The monoisotopic (exact) mass is 296 g/mol. The van der Waals surface area contributed by atoms with Gasteiger partial charge in [0.25, 0.3) is 5.91 Å². The van der Waals surface area contributed by atoms with Crippen LogP contribution in [0.25, 0.3) is 0 Å². The summed E-state index contributed by atoms with van der Waals surface area (Å²) in [6.07, 6.45) is 0. The molecule has 2 aromatic carbocycles. The number of amides is 2. The first-order chi connectivity index (χ1) is 10.5. The van der Waals surface area contributed by atoms with Gasteiger partial charge in [0.05, 0.1) is 0 Å². The fourth-order valence-electron chi connectivity index (χ4n) is 2.20. The van der Waals surface area contributed by atoms with Gasteiger partial charge in [-0.15, -0.1) is 0 Å². The Hall–Kier alpha value is -2.62. The largest absolute Gasteiger partial charge is 0.368 e. The molecule has 0 aromatic heterocycles. The van der Waals surface area contributed by atoms with E-state index in [2.05, 4.69) is 19.2 Å². The summed E-state index contributed by atoms with van der Waals surface area (Å²) >= 11 is 0. The van der Waals surface area contributed by atoms with Crippen LogP contribution >= 0.6 is 0 Å². The van der Waals surface area contributed by atoms with E-state index in [4.69, 9.17) is 5.73 Å². The number of hydrogen-bond donors (Lipinski definition) is 2. The zero-order chi connectivity index (χ0) is 16.1. The second-order valence-electron chi connectivity index (χ2n) is 5.50. The summed E-state index contributed by atoms with van der Waals surface area (Å²) in [6, 6.07) is 15.5. The van der Waals surface area contributed by atoms with Gasteiger partial charge < -0.3 is 11.1 Å². The van der Waals surface area contributed by atoms with E-state index in [9.17, 15) is 9.59 Å². The van der Waals surface area contributed by atoms with E-state index < -0.39 is 11.9 Å². The first-order valence-electron chi connectivity index (χ1n) is 7.24. The van der Waals surface area contributed by atoms with E-state index in [1.165, 1.54) is 0 Å². The summed E-state index contributed by atoms with van der Waals surface area (Å²) in [5.41, 5.74) is 7.74. The molecule has 0 bridgehead atoms. The van der Waals surface area contributed by atoms with E-state index in [1.54, 1.807) is 36.4 Å². The topological polar surface area (TPSA) is 72.2 Å². The maximum Gasteiger partial charge on any atom is 0.252 e. The number of carbonyl (C=O) groups excluding carboxylic acids is 2. The molecular formula is C18H20N2O2. The average Bonchev–Trinajstić information content (AvgIpc) is 2.53. The van der Waals surface area contributed by atoms with Gasteiger partial charge in [-0.1, -0.05) is 56.3 Å². The second kappa shape index (κ2) is 6.89. The lowest BCUT2D eigenvalue weighted by Gasteiger charge is -2.16. The Labute approximate surface area is 130 Å². The number of rotatable bonds is 5. The maximum absolute atomic E-state index is 12.3. The van der Waals surface area contributed by atoms with Crippen LogP contribution in [0, 0.1) is 0 Å². The van der Waals surface area contributed by atoms with Crippen molar-refractivity contribution in [1.82, 2.24) is 5.32 Å². The summed E-state index contributed by atoms with van der Waals surface area (Å²) in [5, 5.41) is 2.68. The Balaban J connectivity index is 2.16. The van der Waals surface area contributed by atoms with Crippen LogP contribution in [-0.2, 0) is 4.79 Å². The number of nitrogens with one attached hydrogen (secondary N) is 1. The molecule has 1 atom stereocenters. The highest BCUT2D eigenvalue weighted by molar-refractivity contribution is 5.97. The summed E-state index contributed by atoms with van der Waals surface area (Å²) in [5.74, 6) is -0.499. The third kappa shape index (κ3) is 3.73. The fraction of sp³-hybridized carbons (Fsp3) is 0.222. The number of benzene rings is 2. The van der Waals surface area contributed by atoms with Crippen molar-refractivity contribution >= 4 is 11.8 Å². The summed E-state index contributed by atoms with van der Waals surface area (Å²) in [7, 11) is 0. The lowest BCUT2D eigenvalue weighted by molar-refractivity contribution is -0.120. The molecule has 2 amide bonds. The molecule has 2 aromatic rings. The molecule has 0 spiro atoms. The molecule has 0 aliphatic carbocycles. The predicted molar refractivity (Wildman–Crippen MR) is 86.4 cm³/mol. The van der Waals surface area contributed by atoms with Crippen LogP contribution in [0.15, 0.2) is 54.6 Å². The molecule has 4 nitrogen and oxygen atoms in total. The zero-order valence-electron chi connectivity index (χ0n) is 12.7. The summed E-state index contributed by atoms with van der Waals surface area (Å²) < 4.78 is 0. The maximum atomic E-state index is 12.3. The third-order valence-electron chi connectivity index (χ3n) is 3.53. The Bertz CT molecular complexity index is 649. The van der Waals surface area contributed by atoms with Gasteiger partial charge in [-0.25, -0.2) is 0 Å². The highest BCUT2D eigenvalue weighted by Gasteiger charge is 2.20. The van der Waals surface area contributed by atoms with Crippen LogP contribution in [0.3, 0.4) is 0 Å². The molecular weight excluding hydrogens is 276 g/mol. The first-order valence-corrected chi connectivity index (χ1v) is 7.24. The molecule has 0 heterocycles. The minimum absolute atomic E-state index is 0.317. The van der Waals surface area contributed by atoms with Crippen molar-refractivity contribution in [3.8, 4) is 0 Å². The van der Waals surface area contributed by atoms with Crippen molar-refractivity contribution in [3.05, 3.63) is 71.3 Å². The van der Waals surface area contributed by atoms with Crippen molar-refractivity contribution in [2.45, 2.75) is 25.8 Å². The number of primary amides is 1. The van der Waals surface area contributed by atoms with Crippen LogP contribution in [0.1, 0.15) is 47.3 Å². The molecule has 0 aliphatic rings. The van der Waals surface area contributed by atoms with Crippen LogP contribution < -0.4 is 11.1 Å². The van der Waals surface area contributed by atoms with Crippen molar-refractivity contribution in [2.75, 3.05) is 0 Å². The van der Waals surface area contributed by atoms with E-state index >= 15 is 0 Å². The molecule has 1 unspecified atom stereocenters. The van der Waals surface area contributed by atoms with Crippen molar-refractivity contribution < 1.29 is 9.59 Å². The van der Waals surface area contributed by atoms with E-state index in [-0.39, 0.29) is 5.91 Å². The van der Waals surface area contributed by atoms with Gasteiger partial charge >= 0.3 is 0 Å². The molecule has 114 valence electrons. The molecule has 4 heteroatoms. The molecule has 0 fully saturated rings. The van der Waals surface area contributed by atoms with Crippen LogP contribution in [0.5, 0.6) is 0 Å². The highest BCUT2D eigenvalue weighted by atomic mass is 16.2. The lowest BCUT2D eigenvalue weighted by Crippen LogP contribution is -2.37. The normalized spacial score (nSPS) is 12.0. The lowest BCUT2D eigenvalue weighted by atomic mass is 10.0.